The molecule has 2 rings (SSSR count). The van der Waals surface area contributed by atoms with Crippen LogP contribution in [0.2, 0.25) is 0 Å². The molecule has 0 saturated heterocycles. The Morgan fingerprint density at radius 3 is 2.48 bits per heavy atom. The van der Waals surface area contributed by atoms with E-state index < -0.39 is 0 Å². The van der Waals surface area contributed by atoms with Gasteiger partial charge in [-0.3, -0.25) is 5.43 Å². The lowest BCUT2D eigenvalue weighted by Crippen LogP contribution is -1.99. The van der Waals surface area contributed by atoms with Crippen LogP contribution in [0, 0.1) is 6.92 Å². The van der Waals surface area contributed by atoms with E-state index in [1.807, 2.05) is 18.4 Å². The summed E-state index contributed by atoms with van der Waals surface area (Å²) in [6.45, 7) is 1.93. The average molecular weight is 307 g/mol. The second-order valence-corrected chi connectivity index (χ2v) is 4.95. The average Bonchev–Trinajstić information content (AvgIpc) is 2.91. The Kier molecular flexibility index (Phi) is 4.99. The van der Waals surface area contributed by atoms with Crippen molar-refractivity contribution in [2.24, 2.45) is 5.10 Å². The molecule has 0 radical (unpaired) electrons. The molecule has 0 aliphatic rings. The molecule has 112 valence electrons. The number of nitrogens with zero attached hydrogens (tertiary/aromatic N) is 2. The van der Waals surface area contributed by atoms with Crippen molar-refractivity contribution in [3.05, 3.63) is 28.8 Å². The van der Waals surface area contributed by atoms with Crippen molar-refractivity contribution in [1.82, 2.24) is 4.98 Å². The van der Waals surface area contributed by atoms with Crippen LogP contribution in [0.3, 0.4) is 0 Å². The van der Waals surface area contributed by atoms with Gasteiger partial charge in [0.1, 0.15) is 0 Å². The summed E-state index contributed by atoms with van der Waals surface area (Å²) in [5.41, 5.74) is 4.61. The minimum Gasteiger partial charge on any atom is -0.493 e. The third-order valence-electron chi connectivity index (χ3n) is 2.72. The predicted molar refractivity (Wildman–Crippen MR) is 84.2 cm³/mol. The molecule has 0 saturated carbocycles. The molecule has 0 bridgehead atoms. The third kappa shape index (κ3) is 3.43. The van der Waals surface area contributed by atoms with Gasteiger partial charge in [-0.1, -0.05) is 0 Å². The number of benzene rings is 1. The number of thiazole rings is 1. The van der Waals surface area contributed by atoms with Gasteiger partial charge >= 0.3 is 0 Å². The summed E-state index contributed by atoms with van der Waals surface area (Å²) < 4.78 is 15.9. The van der Waals surface area contributed by atoms with E-state index in [-0.39, 0.29) is 0 Å². The zero-order valence-corrected chi connectivity index (χ0v) is 13.2. The molecule has 0 aliphatic carbocycles. The number of hydrogen-bond acceptors (Lipinski definition) is 7. The van der Waals surface area contributed by atoms with E-state index in [0.717, 1.165) is 16.4 Å². The van der Waals surface area contributed by atoms with Crippen LogP contribution in [0.1, 0.15) is 11.3 Å². The Bertz CT molecular complexity index is 640. The Morgan fingerprint density at radius 2 is 1.90 bits per heavy atom. The van der Waals surface area contributed by atoms with Gasteiger partial charge in [-0.05, 0) is 19.1 Å². The SMILES string of the molecule is COc1ccc(C=NNc2nc(C)cs2)c(OC)c1OC. The second kappa shape index (κ2) is 6.94. The maximum Gasteiger partial charge on any atom is 0.203 e. The summed E-state index contributed by atoms with van der Waals surface area (Å²) >= 11 is 1.50. The molecule has 0 amide bonds. The van der Waals surface area contributed by atoms with Crippen LogP contribution in [-0.4, -0.2) is 32.5 Å². The van der Waals surface area contributed by atoms with Crippen molar-refractivity contribution in [1.29, 1.82) is 0 Å². The number of aromatic nitrogens is 1. The highest BCUT2D eigenvalue weighted by molar-refractivity contribution is 7.13. The normalized spacial score (nSPS) is 10.7. The molecule has 0 fully saturated rings. The molecule has 1 N–H and O–H groups in total. The molecular weight excluding hydrogens is 290 g/mol. The van der Waals surface area contributed by atoms with E-state index in [0.29, 0.717) is 17.2 Å². The Morgan fingerprint density at radius 1 is 1.14 bits per heavy atom. The molecule has 1 aromatic heterocycles. The Balaban J connectivity index is 2.23. The molecule has 1 aromatic carbocycles. The minimum absolute atomic E-state index is 0.536. The van der Waals surface area contributed by atoms with Crippen molar-refractivity contribution in [3.8, 4) is 17.2 Å². The van der Waals surface area contributed by atoms with Crippen molar-refractivity contribution in [2.75, 3.05) is 26.8 Å². The molecule has 0 atom stereocenters. The van der Waals surface area contributed by atoms with Crippen molar-refractivity contribution in [2.45, 2.75) is 6.92 Å². The van der Waals surface area contributed by atoms with E-state index in [2.05, 4.69) is 15.5 Å². The van der Waals surface area contributed by atoms with Crippen molar-refractivity contribution >= 4 is 22.7 Å². The molecular formula is C14H17N3O3S. The van der Waals surface area contributed by atoms with Crippen LogP contribution in [0.15, 0.2) is 22.6 Å². The highest BCUT2D eigenvalue weighted by atomic mass is 32.1. The van der Waals surface area contributed by atoms with Crippen LogP contribution in [-0.2, 0) is 0 Å². The van der Waals surface area contributed by atoms with Gasteiger partial charge in [-0.25, -0.2) is 4.98 Å². The summed E-state index contributed by atoms with van der Waals surface area (Å²) in [4.78, 5) is 4.26. The Labute approximate surface area is 127 Å². The first-order valence-electron chi connectivity index (χ1n) is 6.19. The number of nitrogens with one attached hydrogen (secondary N) is 1. The zero-order valence-electron chi connectivity index (χ0n) is 12.3. The zero-order chi connectivity index (χ0) is 15.2. The second-order valence-electron chi connectivity index (χ2n) is 4.09. The van der Waals surface area contributed by atoms with Crippen LogP contribution in [0.4, 0.5) is 5.13 Å². The molecule has 2 aromatic rings. The lowest BCUT2D eigenvalue weighted by Gasteiger charge is -2.13. The van der Waals surface area contributed by atoms with Gasteiger partial charge in [-0.2, -0.15) is 5.10 Å². The summed E-state index contributed by atoms with van der Waals surface area (Å²) in [6, 6.07) is 3.65. The highest BCUT2D eigenvalue weighted by Gasteiger charge is 2.14. The minimum atomic E-state index is 0.536. The van der Waals surface area contributed by atoms with Crippen LogP contribution in [0.5, 0.6) is 17.2 Å². The number of aryl methyl sites for hydroxylation is 1. The predicted octanol–water partition coefficient (Wildman–Crippen LogP) is 2.92. The van der Waals surface area contributed by atoms with Gasteiger partial charge in [0.05, 0.1) is 33.2 Å². The van der Waals surface area contributed by atoms with Gasteiger partial charge in [0, 0.05) is 10.9 Å². The van der Waals surface area contributed by atoms with Crippen LogP contribution in [0.25, 0.3) is 0 Å². The van der Waals surface area contributed by atoms with Gasteiger partial charge in [0.2, 0.25) is 10.9 Å². The first kappa shape index (κ1) is 15.1. The number of hydrazone groups is 1. The third-order valence-corrected chi connectivity index (χ3v) is 3.58. The van der Waals surface area contributed by atoms with Gasteiger partial charge in [0.25, 0.3) is 0 Å². The first-order valence-corrected chi connectivity index (χ1v) is 7.07. The fraction of sp³-hybridized carbons (Fsp3) is 0.286. The number of rotatable bonds is 6. The van der Waals surface area contributed by atoms with Crippen molar-refractivity contribution in [3.63, 3.8) is 0 Å². The lowest BCUT2D eigenvalue weighted by atomic mass is 10.2. The van der Waals surface area contributed by atoms with Gasteiger partial charge < -0.3 is 14.2 Å². The van der Waals surface area contributed by atoms with Crippen LogP contribution < -0.4 is 19.6 Å². The fourth-order valence-electron chi connectivity index (χ4n) is 1.79. The monoisotopic (exact) mass is 307 g/mol. The van der Waals surface area contributed by atoms with E-state index in [9.17, 15) is 0 Å². The van der Waals surface area contributed by atoms with Crippen LogP contribution >= 0.6 is 11.3 Å². The van der Waals surface area contributed by atoms with E-state index in [1.54, 1.807) is 33.6 Å². The summed E-state index contributed by atoms with van der Waals surface area (Å²) in [5, 5.41) is 6.85. The summed E-state index contributed by atoms with van der Waals surface area (Å²) in [7, 11) is 4.72. The number of anilines is 1. The van der Waals surface area contributed by atoms with Crippen molar-refractivity contribution < 1.29 is 14.2 Å². The number of ether oxygens (including phenoxy) is 3. The van der Waals surface area contributed by atoms with Gasteiger partial charge in [-0.15, -0.1) is 11.3 Å². The number of hydrogen-bond donors (Lipinski definition) is 1. The lowest BCUT2D eigenvalue weighted by molar-refractivity contribution is 0.324. The summed E-state index contributed by atoms with van der Waals surface area (Å²) in [6.07, 6.45) is 1.65. The summed E-state index contributed by atoms with van der Waals surface area (Å²) in [5.74, 6) is 1.71. The molecule has 0 spiro atoms. The molecule has 7 heteroatoms. The maximum absolute atomic E-state index is 5.38. The number of methoxy groups -OCH3 is 3. The molecule has 1 heterocycles. The van der Waals surface area contributed by atoms with E-state index in [4.69, 9.17) is 14.2 Å². The topological polar surface area (TPSA) is 65.0 Å². The molecule has 21 heavy (non-hydrogen) atoms. The fourth-order valence-corrected chi connectivity index (χ4v) is 2.43. The highest BCUT2D eigenvalue weighted by Crippen LogP contribution is 2.38. The largest absolute Gasteiger partial charge is 0.493 e. The Hall–Kier alpha value is -2.28. The van der Waals surface area contributed by atoms with E-state index in [1.165, 1.54) is 11.3 Å². The molecule has 6 nitrogen and oxygen atoms in total. The van der Waals surface area contributed by atoms with E-state index >= 15 is 0 Å². The molecule has 0 unspecified atom stereocenters. The smallest absolute Gasteiger partial charge is 0.203 e. The van der Waals surface area contributed by atoms with Gasteiger partial charge in [0.15, 0.2) is 11.5 Å². The first-order chi connectivity index (χ1) is 10.2. The molecule has 0 aliphatic heterocycles. The standard InChI is InChI=1S/C14H17N3O3S/c1-9-8-21-14(16-9)17-15-7-10-5-6-11(18-2)13(20-4)12(10)19-3/h5-8H,1-4H3,(H,16,17). The maximum atomic E-state index is 5.38. The quantitative estimate of drug-likeness (QED) is 0.656.